The lowest BCUT2D eigenvalue weighted by molar-refractivity contribution is -0.140. The zero-order valence-electron chi connectivity index (χ0n) is 18.6. The van der Waals surface area contributed by atoms with Crippen LogP contribution in [0, 0.1) is 17.8 Å². The Morgan fingerprint density at radius 1 is 1.14 bits per heavy atom. The van der Waals surface area contributed by atoms with Crippen LogP contribution < -0.4 is 0 Å². The number of carbonyl (C=O) groups is 1. The summed E-state index contributed by atoms with van der Waals surface area (Å²) in [7, 11) is 0. The molecule has 0 spiro atoms. The molecule has 1 saturated carbocycles. The Balaban J connectivity index is 2.60. The highest BCUT2D eigenvalue weighted by molar-refractivity contribution is 5.86. The molecule has 1 unspecified atom stereocenters. The number of aliphatic hydroxyl groups excluding tert-OH is 1. The fraction of sp³-hybridized carbons (Fsp3) is 0.720. The molecule has 0 amide bonds. The molecule has 1 aliphatic rings. The average Bonchev–Trinajstić information content (AvgIpc) is 2.69. The monoisotopic (exact) mass is 390 g/mol. The van der Waals surface area contributed by atoms with Crippen molar-refractivity contribution in [2.75, 3.05) is 13.2 Å². The second-order valence-corrected chi connectivity index (χ2v) is 8.48. The van der Waals surface area contributed by atoms with Crippen molar-refractivity contribution in [1.29, 1.82) is 0 Å². The van der Waals surface area contributed by atoms with Gasteiger partial charge in [0.1, 0.15) is 6.61 Å². The van der Waals surface area contributed by atoms with Crippen LogP contribution in [0.5, 0.6) is 0 Å². The highest BCUT2D eigenvalue weighted by Crippen LogP contribution is 2.36. The maximum absolute atomic E-state index is 11.6. The molecule has 1 rings (SSSR count). The minimum Gasteiger partial charge on any atom is -0.462 e. The molecule has 0 radical (unpaired) electrons. The zero-order chi connectivity index (χ0) is 20.9. The van der Waals surface area contributed by atoms with E-state index in [1.165, 1.54) is 56.9 Å². The van der Waals surface area contributed by atoms with E-state index in [-0.39, 0.29) is 19.1 Å². The molecule has 1 N–H and O–H groups in total. The predicted molar refractivity (Wildman–Crippen MR) is 118 cm³/mol. The van der Waals surface area contributed by atoms with Crippen molar-refractivity contribution in [3.63, 3.8) is 0 Å². The van der Waals surface area contributed by atoms with E-state index < -0.39 is 5.97 Å². The molecule has 1 fully saturated rings. The van der Waals surface area contributed by atoms with E-state index in [2.05, 4.69) is 32.6 Å². The molecule has 0 aromatic carbocycles. The fourth-order valence-corrected chi connectivity index (χ4v) is 4.05. The first kappa shape index (κ1) is 24.7. The van der Waals surface area contributed by atoms with Gasteiger partial charge in [-0.05, 0) is 57.8 Å². The lowest BCUT2D eigenvalue weighted by atomic mass is 9.76. The van der Waals surface area contributed by atoms with Gasteiger partial charge in [-0.15, -0.1) is 0 Å². The first-order valence-electron chi connectivity index (χ1n) is 11.2. The summed E-state index contributed by atoms with van der Waals surface area (Å²) in [6.07, 6.45) is 16.3. The van der Waals surface area contributed by atoms with Crippen molar-refractivity contribution in [3.05, 3.63) is 35.5 Å². The number of hydrogen-bond donors (Lipinski definition) is 1. The summed E-state index contributed by atoms with van der Waals surface area (Å²) in [5.74, 6) is 1.07. The topological polar surface area (TPSA) is 46.5 Å². The van der Waals surface area contributed by atoms with Gasteiger partial charge >= 0.3 is 5.97 Å². The predicted octanol–water partition coefficient (Wildman–Crippen LogP) is 6.38. The minimum atomic E-state index is -0.397. The van der Waals surface area contributed by atoms with Crippen molar-refractivity contribution in [1.82, 2.24) is 0 Å². The van der Waals surface area contributed by atoms with Crippen molar-refractivity contribution in [3.8, 4) is 0 Å². The van der Waals surface area contributed by atoms with E-state index in [9.17, 15) is 9.90 Å². The van der Waals surface area contributed by atoms with Crippen LogP contribution in [0.15, 0.2) is 35.5 Å². The average molecular weight is 391 g/mol. The highest BCUT2D eigenvalue weighted by atomic mass is 16.5. The normalized spacial score (nSPS) is 22.0. The molecular formula is C25H42O3. The molecule has 3 heteroatoms. The second kappa shape index (κ2) is 13.8. The van der Waals surface area contributed by atoms with Gasteiger partial charge in [0, 0.05) is 11.5 Å². The van der Waals surface area contributed by atoms with Gasteiger partial charge in [-0.2, -0.15) is 0 Å². The summed E-state index contributed by atoms with van der Waals surface area (Å²) in [6.45, 7) is 11.9. The molecule has 1 aliphatic carbocycles. The van der Waals surface area contributed by atoms with Crippen LogP contribution in [0.3, 0.4) is 0 Å². The Morgan fingerprint density at radius 3 is 2.36 bits per heavy atom. The quantitative estimate of drug-likeness (QED) is 0.182. The summed E-state index contributed by atoms with van der Waals surface area (Å²) in [6, 6.07) is 0. The third-order valence-corrected chi connectivity index (χ3v) is 6.18. The summed E-state index contributed by atoms with van der Waals surface area (Å²) >= 11 is 0. The molecule has 0 aromatic rings. The Hall–Kier alpha value is -1.35. The minimum absolute atomic E-state index is 0.0238. The molecule has 0 heterocycles. The van der Waals surface area contributed by atoms with Crippen LogP contribution in [0.1, 0.15) is 85.5 Å². The van der Waals surface area contributed by atoms with Gasteiger partial charge in [0.2, 0.25) is 0 Å². The van der Waals surface area contributed by atoms with Gasteiger partial charge in [0.05, 0.1) is 6.61 Å². The van der Waals surface area contributed by atoms with Gasteiger partial charge in [0.25, 0.3) is 0 Å². The van der Waals surface area contributed by atoms with Crippen LogP contribution in [0.25, 0.3) is 0 Å². The van der Waals surface area contributed by atoms with Gasteiger partial charge in [0.15, 0.2) is 0 Å². The number of carbonyl (C=O) groups excluding carboxylic acids is 1. The molecular weight excluding hydrogens is 348 g/mol. The van der Waals surface area contributed by atoms with E-state index in [1.54, 1.807) is 6.92 Å². The van der Waals surface area contributed by atoms with Crippen LogP contribution in [-0.2, 0) is 9.53 Å². The molecule has 1 atom stereocenters. The number of allylic oxidation sites excluding steroid dienone is 3. The maximum atomic E-state index is 11.6. The van der Waals surface area contributed by atoms with Gasteiger partial charge in [-0.25, -0.2) is 4.79 Å². The standard InChI is InChI=1S/C25H42O3/c1-6-8-9-10-21-12-15-23(16-13-21)22(7-2)14-11-20(5)24(17-26)18-28-25(27)19(3)4/h11,14,21,23-24,26H,3,6-10,12-13,15-18H2,1-2,4-5H3/b20-11+,22-14+. The van der Waals surface area contributed by atoms with Gasteiger partial charge in [-0.3, -0.25) is 0 Å². The molecule has 0 saturated heterocycles. The van der Waals surface area contributed by atoms with Crippen LogP contribution in [0.2, 0.25) is 0 Å². The second-order valence-electron chi connectivity index (χ2n) is 8.48. The molecule has 28 heavy (non-hydrogen) atoms. The van der Waals surface area contributed by atoms with E-state index in [1.807, 2.05) is 6.92 Å². The summed E-state index contributed by atoms with van der Waals surface area (Å²) in [5.41, 5.74) is 2.95. The van der Waals surface area contributed by atoms with Crippen LogP contribution in [0.4, 0.5) is 0 Å². The Kier molecular flexibility index (Phi) is 12.1. The van der Waals surface area contributed by atoms with E-state index in [0.29, 0.717) is 11.5 Å². The lowest BCUT2D eigenvalue weighted by Crippen LogP contribution is -2.19. The molecule has 0 bridgehead atoms. The highest BCUT2D eigenvalue weighted by Gasteiger charge is 2.22. The van der Waals surface area contributed by atoms with Crippen molar-refractivity contribution >= 4 is 5.97 Å². The van der Waals surface area contributed by atoms with Crippen LogP contribution in [-0.4, -0.2) is 24.3 Å². The Morgan fingerprint density at radius 2 is 1.82 bits per heavy atom. The first-order valence-corrected chi connectivity index (χ1v) is 11.2. The summed E-state index contributed by atoms with van der Waals surface area (Å²) in [4.78, 5) is 11.6. The largest absolute Gasteiger partial charge is 0.462 e. The van der Waals surface area contributed by atoms with Crippen molar-refractivity contribution in [2.45, 2.75) is 85.5 Å². The fourth-order valence-electron chi connectivity index (χ4n) is 4.05. The maximum Gasteiger partial charge on any atom is 0.333 e. The first-order chi connectivity index (χ1) is 13.4. The molecule has 160 valence electrons. The van der Waals surface area contributed by atoms with Gasteiger partial charge in [-0.1, -0.05) is 69.4 Å². The number of esters is 1. The number of ether oxygens (including phenoxy) is 1. The molecule has 0 aliphatic heterocycles. The number of rotatable bonds is 12. The third kappa shape index (κ3) is 8.77. The Bertz CT molecular complexity index is 536. The Labute approximate surface area is 172 Å². The van der Waals surface area contributed by atoms with Gasteiger partial charge < -0.3 is 9.84 Å². The smallest absolute Gasteiger partial charge is 0.333 e. The van der Waals surface area contributed by atoms with Crippen molar-refractivity contribution < 1.29 is 14.6 Å². The lowest BCUT2D eigenvalue weighted by Gasteiger charge is -2.30. The summed E-state index contributed by atoms with van der Waals surface area (Å²) in [5, 5.41) is 9.66. The molecule has 3 nitrogen and oxygen atoms in total. The van der Waals surface area contributed by atoms with E-state index >= 15 is 0 Å². The van der Waals surface area contributed by atoms with E-state index in [4.69, 9.17) is 4.74 Å². The van der Waals surface area contributed by atoms with Crippen molar-refractivity contribution in [2.24, 2.45) is 17.8 Å². The van der Waals surface area contributed by atoms with E-state index in [0.717, 1.165) is 17.9 Å². The zero-order valence-corrected chi connectivity index (χ0v) is 18.6. The summed E-state index contributed by atoms with van der Waals surface area (Å²) < 4.78 is 5.22. The SMILES string of the molecule is C=C(C)C(=O)OCC(CO)/C(C)=C/C=C(\CC)C1CCC(CCCCC)CC1. The molecule has 0 aromatic heterocycles. The third-order valence-electron chi connectivity index (χ3n) is 6.18. The number of aliphatic hydroxyl groups is 1. The number of unbranched alkanes of at least 4 members (excludes halogenated alkanes) is 2. The number of hydrogen-bond acceptors (Lipinski definition) is 3. The van der Waals surface area contributed by atoms with Crippen LogP contribution >= 0.6 is 0 Å².